The summed E-state index contributed by atoms with van der Waals surface area (Å²) in [5.41, 5.74) is 2.13. The Morgan fingerprint density at radius 1 is 1.44 bits per heavy atom. The van der Waals surface area contributed by atoms with Crippen LogP contribution in [0.3, 0.4) is 0 Å². The number of sulfone groups is 1. The van der Waals surface area contributed by atoms with Crippen molar-refractivity contribution >= 4 is 9.84 Å². The second kappa shape index (κ2) is 5.32. The maximum absolute atomic E-state index is 11.3. The van der Waals surface area contributed by atoms with E-state index in [2.05, 4.69) is 22.2 Å². The monoisotopic (exact) mass is 269 g/mol. The maximum atomic E-state index is 11.3. The smallest absolute Gasteiger partial charge is 0.154 e. The van der Waals surface area contributed by atoms with Gasteiger partial charge in [0.05, 0.1) is 5.69 Å². The molecule has 1 aliphatic rings. The molecule has 0 bridgehead atoms. The first-order valence-electron chi connectivity index (χ1n) is 6.22. The van der Waals surface area contributed by atoms with Crippen molar-refractivity contribution in [1.82, 2.24) is 15.3 Å². The largest absolute Gasteiger partial charge is 0.313 e. The van der Waals surface area contributed by atoms with E-state index in [0.717, 1.165) is 37.2 Å². The number of nitrogens with zero attached hydrogens (tertiary/aromatic N) is 2. The van der Waals surface area contributed by atoms with Gasteiger partial charge < -0.3 is 5.32 Å². The molecule has 0 amide bonds. The SMILES string of the molecule is CCNCc1cnc(CS(C)(=O)=O)nc1C1CC1. The number of aromatic nitrogens is 2. The van der Waals surface area contributed by atoms with Crippen molar-refractivity contribution in [1.29, 1.82) is 0 Å². The van der Waals surface area contributed by atoms with Crippen molar-refractivity contribution < 1.29 is 8.42 Å². The summed E-state index contributed by atoms with van der Waals surface area (Å²) in [4.78, 5) is 8.60. The third-order valence-corrected chi connectivity index (χ3v) is 3.65. The highest BCUT2D eigenvalue weighted by molar-refractivity contribution is 7.89. The van der Waals surface area contributed by atoms with Crippen LogP contribution in [0, 0.1) is 0 Å². The van der Waals surface area contributed by atoms with Crippen LogP contribution < -0.4 is 5.32 Å². The molecular formula is C12H19N3O2S. The molecule has 0 saturated heterocycles. The molecule has 0 radical (unpaired) electrons. The molecule has 0 spiro atoms. The second-order valence-corrected chi connectivity index (χ2v) is 6.96. The van der Waals surface area contributed by atoms with Crippen LogP contribution in [0.1, 0.15) is 42.8 Å². The van der Waals surface area contributed by atoms with Gasteiger partial charge in [-0.05, 0) is 19.4 Å². The number of rotatable bonds is 6. The molecule has 0 aliphatic heterocycles. The van der Waals surface area contributed by atoms with E-state index in [1.54, 1.807) is 6.20 Å². The number of nitrogens with one attached hydrogen (secondary N) is 1. The highest BCUT2D eigenvalue weighted by Crippen LogP contribution is 2.40. The predicted molar refractivity (Wildman–Crippen MR) is 69.9 cm³/mol. The van der Waals surface area contributed by atoms with Gasteiger partial charge in [-0.25, -0.2) is 18.4 Å². The Morgan fingerprint density at radius 2 is 2.17 bits per heavy atom. The molecule has 1 fully saturated rings. The first-order valence-corrected chi connectivity index (χ1v) is 8.28. The number of hydrogen-bond acceptors (Lipinski definition) is 5. The average Bonchev–Trinajstić information content (AvgIpc) is 3.09. The van der Waals surface area contributed by atoms with E-state index in [1.807, 2.05) is 0 Å². The fourth-order valence-corrected chi connectivity index (χ4v) is 2.48. The van der Waals surface area contributed by atoms with Gasteiger partial charge in [-0.2, -0.15) is 0 Å². The Labute approximate surface area is 108 Å². The molecule has 0 unspecified atom stereocenters. The molecule has 1 N–H and O–H groups in total. The van der Waals surface area contributed by atoms with E-state index >= 15 is 0 Å². The van der Waals surface area contributed by atoms with Crippen molar-refractivity contribution in [2.24, 2.45) is 0 Å². The fourth-order valence-electron chi connectivity index (χ4n) is 1.87. The Kier molecular flexibility index (Phi) is 3.97. The zero-order valence-electron chi connectivity index (χ0n) is 10.8. The molecule has 2 rings (SSSR count). The lowest BCUT2D eigenvalue weighted by Crippen LogP contribution is -2.16. The molecule has 1 aromatic rings. The topological polar surface area (TPSA) is 72.0 Å². The van der Waals surface area contributed by atoms with Crippen LogP contribution in [0.25, 0.3) is 0 Å². The van der Waals surface area contributed by atoms with Crippen LogP contribution in [-0.4, -0.2) is 31.2 Å². The van der Waals surface area contributed by atoms with Gasteiger partial charge in [0.2, 0.25) is 0 Å². The summed E-state index contributed by atoms with van der Waals surface area (Å²) < 4.78 is 22.5. The van der Waals surface area contributed by atoms with Gasteiger partial charge in [0.1, 0.15) is 11.6 Å². The second-order valence-electron chi connectivity index (χ2n) is 4.82. The minimum atomic E-state index is -3.07. The average molecular weight is 269 g/mol. The molecule has 5 nitrogen and oxygen atoms in total. The Morgan fingerprint density at radius 3 is 2.72 bits per heavy atom. The summed E-state index contributed by atoms with van der Waals surface area (Å²) in [5, 5.41) is 3.26. The first kappa shape index (κ1) is 13.4. The molecular weight excluding hydrogens is 250 g/mol. The summed E-state index contributed by atoms with van der Waals surface area (Å²) in [6, 6.07) is 0. The molecule has 1 saturated carbocycles. The van der Waals surface area contributed by atoms with Crippen molar-refractivity contribution in [3.05, 3.63) is 23.3 Å². The molecule has 0 atom stereocenters. The van der Waals surface area contributed by atoms with E-state index in [9.17, 15) is 8.42 Å². The quantitative estimate of drug-likeness (QED) is 0.834. The zero-order valence-corrected chi connectivity index (χ0v) is 11.6. The van der Waals surface area contributed by atoms with Gasteiger partial charge >= 0.3 is 0 Å². The van der Waals surface area contributed by atoms with Crippen molar-refractivity contribution in [2.45, 2.75) is 38.0 Å². The van der Waals surface area contributed by atoms with Gasteiger partial charge in [0.15, 0.2) is 9.84 Å². The van der Waals surface area contributed by atoms with Gasteiger partial charge in [0, 0.05) is 30.5 Å². The third-order valence-electron chi connectivity index (χ3n) is 2.87. The predicted octanol–water partition coefficient (Wildman–Crippen LogP) is 1.01. The van der Waals surface area contributed by atoms with E-state index < -0.39 is 9.84 Å². The van der Waals surface area contributed by atoms with Crippen LogP contribution in [-0.2, 0) is 22.1 Å². The summed E-state index contributed by atoms with van der Waals surface area (Å²) in [6.45, 7) is 3.70. The molecule has 1 aromatic heterocycles. The molecule has 0 aromatic carbocycles. The van der Waals surface area contributed by atoms with Crippen molar-refractivity contribution in [2.75, 3.05) is 12.8 Å². The van der Waals surface area contributed by atoms with Crippen molar-refractivity contribution in [3.8, 4) is 0 Å². The highest BCUT2D eigenvalue weighted by atomic mass is 32.2. The van der Waals surface area contributed by atoms with E-state index in [-0.39, 0.29) is 5.75 Å². The van der Waals surface area contributed by atoms with Gasteiger partial charge in [0.25, 0.3) is 0 Å². The number of hydrogen-bond donors (Lipinski definition) is 1. The first-order chi connectivity index (χ1) is 8.49. The molecule has 1 heterocycles. The normalized spacial score (nSPS) is 15.9. The Hall–Kier alpha value is -1.01. The van der Waals surface area contributed by atoms with Gasteiger partial charge in [-0.1, -0.05) is 6.92 Å². The lowest BCUT2D eigenvalue weighted by molar-refractivity contribution is 0.599. The lowest BCUT2D eigenvalue weighted by atomic mass is 10.1. The summed E-state index contributed by atoms with van der Waals surface area (Å²) in [5.74, 6) is 0.841. The van der Waals surface area contributed by atoms with Gasteiger partial charge in [-0.15, -0.1) is 0 Å². The summed E-state index contributed by atoms with van der Waals surface area (Å²) in [6.07, 6.45) is 5.27. The van der Waals surface area contributed by atoms with Gasteiger partial charge in [-0.3, -0.25) is 0 Å². The molecule has 18 heavy (non-hydrogen) atoms. The molecule has 1 aliphatic carbocycles. The van der Waals surface area contributed by atoms with E-state index in [1.165, 1.54) is 6.26 Å². The third kappa shape index (κ3) is 3.74. The van der Waals surface area contributed by atoms with E-state index in [0.29, 0.717) is 11.7 Å². The Balaban J connectivity index is 2.22. The fraction of sp³-hybridized carbons (Fsp3) is 0.667. The Bertz CT molecular complexity index is 524. The van der Waals surface area contributed by atoms with Crippen LogP contribution in [0.4, 0.5) is 0 Å². The lowest BCUT2D eigenvalue weighted by Gasteiger charge is -2.09. The van der Waals surface area contributed by atoms with Crippen LogP contribution >= 0.6 is 0 Å². The van der Waals surface area contributed by atoms with Crippen molar-refractivity contribution in [3.63, 3.8) is 0 Å². The van der Waals surface area contributed by atoms with E-state index in [4.69, 9.17) is 0 Å². The zero-order chi connectivity index (χ0) is 13.2. The highest BCUT2D eigenvalue weighted by Gasteiger charge is 2.28. The summed E-state index contributed by atoms with van der Waals surface area (Å²) >= 11 is 0. The van der Waals surface area contributed by atoms with Crippen LogP contribution in [0.2, 0.25) is 0 Å². The molecule has 6 heteroatoms. The summed E-state index contributed by atoms with van der Waals surface area (Å²) in [7, 11) is -3.07. The van der Waals surface area contributed by atoms with Crippen LogP contribution in [0.5, 0.6) is 0 Å². The standard InChI is InChI=1S/C12H19N3O2S/c1-3-13-6-10-7-14-11(8-18(2,16)17)15-12(10)9-4-5-9/h7,9,13H,3-6,8H2,1-2H3. The minimum absolute atomic E-state index is 0.0752. The maximum Gasteiger partial charge on any atom is 0.154 e. The van der Waals surface area contributed by atoms with Crippen LogP contribution in [0.15, 0.2) is 6.20 Å². The minimum Gasteiger partial charge on any atom is -0.313 e. The molecule has 100 valence electrons.